The third-order valence-electron chi connectivity index (χ3n) is 4.80. The molecule has 0 amide bonds. The summed E-state index contributed by atoms with van der Waals surface area (Å²) in [6.07, 6.45) is 3.66. The van der Waals surface area contributed by atoms with Crippen LogP contribution in [-0.2, 0) is 0 Å². The lowest BCUT2D eigenvalue weighted by Crippen LogP contribution is -1.98. The number of Topliss-reactive ketones (excluding diaryl/α,β-unsaturated/α-hetero) is 1. The molecule has 5 nitrogen and oxygen atoms in total. The van der Waals surface area contributed by atoms with Crippen LogP contribution in [-0.4, -0.2) is 20.4 Å². The fourth-order valence-corrected chi connectivity index (χ4v) is 3.15. The Morgan fingerprint density at radius 2 is 1.86 bits per heavy atom. The molecule has 0 spiro atoms. The van der Waals surface area contributed by atoms with Gasteiger partial charge in [0.2, 0.25) is 0 Å². The first-order chi connectivity index (χ1) is 13.5. The number of carbonyl (C=O) groups is 1. The number of fused-ring (bicyclic) bond motifs is 1. The zero-order valence-electron chi connectivity index (χ0n) is 16.2. The van der Waals surface area contributed by atoms with E-state index in [2.05, 4.69) is 48.5 Å². The summed E-state index contributed by atoms with van der Waals surface area (Å²) >= 11 is 0. The first-order valence-electron chi connectivity index (χ1n) is 9.34. The maximum absolute atomic E-state index is 11.7. The van der Waals surface area contributed by atoms with E-state index in [-0.39, 0.29) is 5.78 Å². The fourth-order valence-electron chi connectivity index (χ4n) is 3.15. The van der Waals surface area contributed by atoms with Crippen LogP contribution in [0.1, 0.15) is 42.6 Å². The van der Waals surface area contributed by atoms with Crippen molar-refractivity contribution in [2.75, 3.05) is 5.32 Å². The van der Waals surface area contributed by atoms with Gasteiger partial charge in [0, 0.05) is 23.0 Å². The van der Waals surface area contributed by atoms with Crippen molar-refractivity contribution in [2.45, 2.75) is 26.7 Å². The molecule has 0 saturated heterocycles. The highest BCUT2D eigenvalue weighted by Crippen LogP contribution is 2.26. The number of nitrogens with one attached hydrogen (secondary N) is 1. The number of nitrogens with zero attached hydrogens (tertiary/aromatic N) is 3. The molecule has 5 heteroatoms. The molecule has 28 heavy (non-hydrogen) atoms. The van der Waals surface area contributed by atoms with Crippen LogP contribution < -0.4 is 5.32 Å². The minimum absolute atomic E-state index is 0.0403. The van der Waals surface area contributed by atoms with Crippen molar-refractivity contribution in [2.24, 2.45) is 0 Å². The number of carbonyl (C=O) groups excluding carboxylic acids is 1. The molecule has 4 aromatic rings. The number of hydrogen-bond acceptors (Lipinski definition) is 4. The van der Waals surface area contributed by atoms with Gasteiger partial charge in [-0.25, -0.2) is 9.50 Å². The first-order valence-corrected chi connectivity index (χ1v) is 9.34. The number of hydrogen-bond donors (Lipinski definition) is 1. The molecule has 0 unspecified atom stereocenters. The third kappa shape index (κ3) is 3.51. The van der Waals surface area contributed by atoms with E-state index in [1.807, 2.05) is 36.5 Å². The van der Waals surface area contributed by atoms with Crippen molar-refractivity contribution in [3.8, 4) is 11.1 Å². The van der Waals surface area contributed by atoms with Crippen molar-refractivity contribution in [1.82, 2.24) is 14.6 Å². The minimum atomic E-state index is 0.0403. The predicted molar refractivity (Wildman–Crippen MR) is 112 cm³/mol. The number of benzene rings is 2. The predicted octanol–water partition coefficient (Wildman–Crippen LogP) is 5.47. The third-order valence-corrected chi connectivity index (χ3v) is 4.80. The Kier molecular flexibility index (Phi) is 4.65. The molecule has 0 radical (unpaired) electrons. The minimum Gasteiger partial charge on any atom is -0.340 e. The van der Waals surface area contributed by atoms with Crippen LogP contribution in [0.25, 0.3) is 16.8 Å². The van der Waals surface area contributed by atoms with Gasteiger partial charge in [-0.3, -0.25) is 4.79 Å². The second kappa shape index (κ2) is 7.27. The van der Waals surface area contributed by atoms with Gasteiger partial charge in [0.1, 0.15) is 5.82 Å². The molecule has 140 valence electrons. The van der Waals surface area contributed by atoms with Gasteiger partial charge >= 0.3 is 0 Å². The zero-order valence-corrected chi connectivity index (χ0v) is 16.2. The molecule has 0 saturated carbocycles. The molecule has 0 bridgehead atoms. The lowest BCUT2D eigenvalue weighted by Gasteiger charge is -2.09. The molecular weight excluding hydrogens is 348 g/mol. The highest BCUT2D eigenvalue weighted by Gasteiger charge is 2.11. The molecule has 0 aliphatic rings. The number of aromatic nitrogens is 3. The second-order valence-electron chi connectivity index (χ2n) is 7.18. The summed E-state index contributed by atoms with van der Waals surface area (Å²) in [6, 6.07) is 17.8. The van der Waals surface area contributed by atoms with Crippen LogP contribution >= 0.6 is 0 Å². The number of ketones is 1. The molecule has 1 N–H and O–H groups in total. The van der Waals surface area contributed by atoms with Gasteiger partial charge < -0.3 is 5.32 Å². The van der Waals surface area contributed by atoms with Gasteiger partial charge in [0.15, 0.2) is 11.4 Å². The molecule has 0 aliphatic heterocycles. The van der Waals surface area contributed by atoms with Gasteiger partial charge in [-0.15, -0.1) is 0 Å². The van der Waals surface area contributed by atoms with Crippen molar-refractivity contribution in [3.63, 3.8) is 0 Å². The highest BCUT2D eigenvalue weighted by molar-refractivity contribution is 5.95. The molecule has 2 aromatic carbocycles. The van der Waals surface area contributed by atoms with Crippen LogP contribution in [0, 0.1) is 0 Å². The largest absolute Gasteiger partial charge is 0.340 e. The molecule has 2 heterocycles. The van der Waals surface area contributed by atoms with E-state index in [4.69, 9.17) is 4.98 Å². The summed E-state index contributed by atoms with van der Waals surface area (Å²) in [4.78, 5) is 16.5. The summed E-state index contributed by atoms with van der Waals surface area (Å²) in [7, 11) is 0. The molecule has 4 rings (SSSR count). The normalized spacial score (nSPS) is 11.1. The summed E-state index contributed by atoms with van der Waals surface area (Å²) in [5, 5.41) is 7.74. The van der Waals surface area contributed by atoms with Gasteiger partial charge in [-0.05, 0) is 48.2 Å². The Morgan fingerprint density at radius 3 is 2.57 bits per heavy atom. The van der Waals surface area contributed by atoms with E-state index in [9.17, 15) is 4.79 Å². The van der Waals surface area contributed by atoms with Crippen molar-refractivity contribution in [1.29, 1.82) is 0 Å². The Labute approximate surface area is 164 Å². The summed E-state index contributed by atoms with van der Waals surface area (Å²) in [5.74, 6) is 1.29. The quantitative estimate of drug-likeness (QED) is 0.474. The monoisotopic (exact) mass is 370 g/mol. The van der Waals surface area contributed by atoms with Crippen LogP contribution in [0.4, 0.5) is 11.5 Å². The van der Waals surface area contributed by atoms with Gasteiger partial charge in [-0.1, -0.05) is 44.2 Å². The number of rotatable bonds is 5. The topological polar surface area (TPSA) is 59.3 Å². The van der Waals surface area contributed by atoms with E-state index >= 15 is 0 Å². The summed E-state index contributed by atoms with van der Waals surface area (Å²) < 4.78 is 1.74. The van der Waals surface area contributed by atoms with Gasteiger partial charge in [0.05, 0.1) is 6.20 Å². The van der Waals surface area contributed by atoms with E-state index in [1.54, 1.807) is 17.6 Å². The van der Waals surface area contributed by atoms with Crippen LogP contribution in [0.2, 0.25) is 0 Å². The van der Waals surface area contributed by atoms with Crippen molar-refractivity contribution < 1.29 is 4.79 Å². The molecule has 2 aromatic heterocycles. The lowest BCUT2D eigenvalue weighted by atomic mass is 10.0. The van der Waals surface area contributed by atoms with E-state index < -0.39 is 0 Å². The van der Waals surface area contributed by atoms with E-state index in [1.165, 1.54) is 5.56 Å². The van der Waals surface area contributed by atoms with Crippen LogP contribution in [0.5, 0.6) is 0 Å². The molecular formula is C23H22N4O. The lowest BCUT2D eigenvalue weighted by molar-refractivity contribution is 0.101. The Hall–Kier alpha value is -3.47. The summed E-state index contributed by atoms with van der Waals surface area (Å²) in [6.45, 7) is 5.93. The molecule has 0 aliphatic carbocycles. The molecule has 0 atom stereocenters. The first kappa shape index (κ1) is 17.9. The highest BCUT2D eigenvalue weighted by atomic mass is 16.1. The van der Waals surface area contributed by atoms with E-state index in [0.29, 0.717) is 11.5 Å². The van der Waals surface area contributed by atoms with Gasteiger partial charge in [-0.2, -0.15) is 5.10 Å². The van der Waals surface area contributed by atoms with Crippen molar-refractivity contribution >= 4 is 22.9 Å². The zero-order chi connectivity index (χ0) is 19.7. The van der Waals surface area contributed by atoms with Gasteiger partial charge in [0.25, 0.3) is 0 Å². The number of anilines is 2. The van der Waals surface area contributed by atoms with Crippen molar-refractivity contribution in [3.05, 3.63) is 78.1 Å². The Bertz CT molecular complexity index is 1140. The Balaban J connectivity index is 1.68. The average molecular weight is 370 g/mol. The summed E-state index contributed by atoms with van der Waals surface area (Å²) in [5.41, 5.74) is 5.52. The van der Waals surface area contributed by atoms with E-state index in [0.717, 1.165) is 28.3 Å². The van der Waals surface area contributed by atoms with Crippen LogP contribution in [0.3, 0.4) is 0 Å². The SMILES string of the molecule is CC(=O)c1cccc(-c2cnn3ccc(Nc4ccc(C(C)C)cc4)nc23)c1. The smallest absolute Gasteiger partial charge is 0.165 e. The second-order valence-corrected chi connectivity index (χ2v) is 7.18. The maximum Gasteiger partial charge on any atom is 0.165 e. The standard InChI is InChI=1S/C23H22N4O/c1-15(2)17-7-9-20(10-8-17)25-22-11-12-27-23(26-22)21(14-24-27)19-6-4-5-18(13-19)16(3)28/h4-15H,1-3H3,(H,25,26). The fraction of sp³-hybridized carbons (Fsp3) is 0.174. The molecule has 0 fully saturated rings. The maximum atomic E-state index is 11.7. The van der Waals surface area contributed by atoms with Crippen LogP contribution in [0.15, 0.2) is 67.0 Å². The Morgan fingerprint density at radius 1 is 1.07 bits per heavy atom. The average Bonchev–Trinajstić information content (AvgIpc) is 3.12.